The second-order valence-electron chi connectivity index (χ2n) is 5.31. The van der Waals surface area contributed by atoms with Gasteiger partial charge in [0.05, 0.1) is 5.54 Å². The van der Waals surface area contributed by atoms with Gasteiger partial charge in [0, 0.05) is 13.1 Å². The molecule has 0 bridgehead atoms. The Balaban J connectivity index is 2.00. The monoisotopic (exact) mass is 196 g/mol. The standard InChI is InChI=1S/C11H20N2O/c1-8-5-9(2)7-13(6-8)10(14)11(12)3-4-11/h8-9H,3-7,12H2,1-2H3. The van der Waals surface area contributed by atoms with Crippen molar-refractivity contribution in [3.63, 3.8) is 0 Å². The first-order valence-corrected chi connectivity index (χ1v) is 5.59. The molecule has 2 rings (SSSR count). The fraction of sp³-hybridized carbons (Fsp3) is 0.909. The Morgan fingerprint density at radius 2 is 1.79 bits per heavy atom. The molecule has 0 radical (unpaired) electrons. The number of carbonyl (C=O) groups excluding carboxylic acids is 1. The molecule has 3 nitrogen and oxygen atoms in total. The van der Waals surface area contributed by atoms with E-state index in [4.69, 9.17) is 5.73 Å². The van der Waals surface area contributed by atoms with E-state index >= 15 is 0 Å². The van der Waals surface area contributed by atoms with E-state index in [0.717, 1.165) is 25.9 Å². The van der Waals surface area contributed by atoms with E-state index < -0.39 is 5.54 Å². The molecule has 1 aliphatic heterocycles. The Kier molecular flexibility index (Phi) is 2.30. The number of nitrogens with two attached hydrogens (primary N) is 1. The third kappa shape index (κ3) is 1.78. The highest BCUT2D eigenvalue weighted by Crippen LogP contribution is 2.35. The highest BCUT2D eigenvalue weighted by Gasteiger charge is 2.48. The molecule has 2 atom stereocenters. The number of nitrogens with zero attached hydrogens (tertiary/aromatic N) is 1. The number of amides is 1. The molecule has 2 unspecified atom stereocenters. The van der Waals surface area contributed by atoms with Gasteiger partial charge >= 0.3 is 0 Å². The maximum absolute atomic E-state index is 12.0. The van der Waals surface area contributed by atoms with Crippen LogP contribution in [0.3, 0.4) is 0 Å². The van der Waals surface area contributed by atoms with E-state index in [1.54, 1.807) is 0 Å². The van der Waals surface area contributed by atoms with Crippen molar-refractivity contribution >= 4 is 5.91 Å². The van der Waals surface area contributed by atoms with Gasteiger partial charge < -0.3 is 10.6 Å². The number of carbonyl (C=O) groups is 1. The molecule has 0 aromatic heterocycles. The van der Waals surface area contributed by atoms with Crippen molar-refractivity contribution < 1.29 is 4.79 Å². The van der Waals surface area contributed by atoms with Gasteiger partial charge in [0.2, 0.25) is 5.91 Å². The van der Waals surface area contributed by atoms with Crippen molar-refractivity contribution in [3.05, 3.63) is 0 Å². The normalized spacial score (nSPS) is 35.5. The van der Waals surface area contributed by atoms with Gasteiger partial charge in [-0.25, -0.2) is 0 Å². The first kappa shape index (κ1) is 9.97. The number of hydrogen-bond acceptors (Lipinski definition) is 2. The van der Waals surface area contributed by atoms with Crippen molar-refractivity contribution in [3.8, 4) is 0 Å². The summed E-state index contributed by atoms with van der Waals surface area (Å²) in [7, 11) is 0. The molecule has 80 valence electrons. The van der Waals surface area contributed by atoms with Gasteiger partial charge in [0.25, 0.3) is 0 Å². The summed E-state index contributed by atoms with van der Waals surface area (Å²) in [6.45, 7) is 6.24. The largest absolute Gasteiger partial charge is 0.341 e. The van der Waals surface area contributed by atoms with Crippen LogP contribution in [0.15, 0.2) is 0 Å². The van der Waals surface area contributed by atoms with Crippen molar-refractivity contribution in [2.45, 2.75) is 38.6 Å². The molecule has 0 aromatic carbocycles. The zero-order chi connectivity index (χ0) is 10.3. The maximum atomic E-state index is 12.0. The van der Waals surface area contributed by atoms with Gasteiger partial charge in [-0.2, -0.15) is 0 Å². The van der Waals surface area contributed by atoms with Gasteiger partial charge in [0.15, 0.2) is 0 Å². The van der Waals surface area contributed by atoms with Crippen LogP contribution in [-0.4, -0.2) is 29.4 Å². The molecular formula is C11H20N2O. The van der Waals surface area contributed by atoms with Gasteiger partial charge in [-0.05, 0) is 31.1 Å². The summed E-state index contributed by atoms with van der Waals surface area (Å²) in [5.41, 5.74) is 5.45. The van der Waals surface area contributed by atoms with E-state index in [2.05, 4.69) is 13.8 Å². The third-order valence-corrected chi connectivity index (χ3v) is 3.37. The topological polar surface area (TPSA) is 46.3 Å². The minimum atomic E-state index is -0.475. The Labute approximate surface area is 85.6 Å². The average molecular weight is 196 g/mol. The fourth-order valence-corrected chi connectivity index (χ4v) is 2.49. The number of likely N-dealkylation sites (tertiary alicyclic amines) is 1. The first-order chi connectivity index (χ1) is 6.51. The Hall–Kier alpha value is -0.570. The smallest absolute Gasteiger partial charge is 0.242 e. The molecule has 1 amide bonds. The Morgan fingerprint density at radius 3 is 2.21 bits per heavy atom. The summed E-state index contributed by atoms with van der Waals surface area (Å²) in [5, 5.41) is 0. The lowest BCUT2D eigenvalue weighted by atomic mass is 9.91. The molecule has 3 heteroatoms. The second kappa shape index (κ2) is 3.23. The quantitative estimate of drug-likeness (QED) is 0.679. The van der Waals surface area contributed by atoms with Crippen LogP contribution in [0, 0.1) is 11.8 Å². The van der Waals surface area contributed by atoms with Crippen LogP contribution in [0.25, 0.3) is 0 Å². The second-order valence-corrected chi connectivity index (χ2v) is 5.31. The van der Waals surface area contributed by atoms with Gasteiger partial charge in [0.1, 0.15) is 0 Å². The average Bonchev–Trinajstić information content (AvgIpc) is 2.82. The summed E-state index contributed by atoms with van der Waals surface area (Å²) in [6, 6.07) is 0. The van der Waals surface area contributed by atoms with Crippen LogP contribution in [0.5, 0.6) is 0 Å². The summed E-state index contributed by atoms with van der Waals surface area (Å²) in [6.07, 6.45) is 3.00. The van der Waals surface area contributed by atoms with Crippen LogP contribution < -0.4 is 5.73 Å². The Morgan fingerprint density at radius 1 is 1.29 bits per heavy atom. The minimum absolute atomic E-state index is 0.191. The minimum Gasteiger partial charge on any atom is -0.341 e. The van der Waals surface area contributed by atoms with E-state index in [1.165, 1.54) is 6.42 Å². The van der Waals surface area contributed by atoms with Crippen molar-refractivity contribution in [2.24, 2.45) is 17.6 Å². The predicted molar refractivity (Wildman–Crippen MR) is 55.7 cm³/mol. The van der Waals surface area contributed by atoms with Gasteiger partial charge in [-0.1, -0.05) is 13.8 Å². The molecule has 2 N–H and O–H groups in total. The van der Waals surface area contributed by atoms with Crippen LogP contribution in [0.1, 0.15) is 33.1 Å². The lowest BCUT2D eigenvalue weighted by Crippen LogP contribution is -2.50. The first-order valence-electron chi connectivity index (χ1n) is 5.59. The highest BCUT2D eigenvalue weighted by molar-refractivity contribution is 5.89. The van der Waals surface area contributed by atoms with E-state index in [0.29, 0.717) is 11.8 Å². The number of rotatable bonds is 1. The molecule has 14 heavy (non-hydrogen) atoms. The zero-order valence-electron chi connectivity index (χ0n) is 9.12. The molecular weight excluding hydrogens is 176 g/mol. The van der Waals surface area contributed by atoms with E-state index in [1.807, 2.05) is 4.90 Å². The molecule has 2 aliphatic rings. The fourth-order valence-electron chi connectivity index (χ4n) is 2.49. The molecule has 0 aromatic rings. The molecule has 1 aliphatic carbocycles. The predicted octanol–water partition coefficient (Wildman–Crippen LogP) is 0.982. The molecule has 2 fully saturated rings. The van der Waals surface area contributed by atoms with Crippen molar-refractivity contribution in [1.29, 1.82) is 0 Å². The van der Waals surface area contributed by atoms with Gasteiger partial charge in [-0.15, -0.1) is 0 Å². The summed E-state index contributed by atoms with van der Waals surface area (Å²) >= 11 is 0. The lowest BCUT2D eigenvalue weighted by molar-refractivity contribution is -0.136. The maximum Gasteiger partial charge on any atom is 0.242 e. The van der Waals surface area contributed by atoms with Gasteiger partial charge in [-0.3, -0.25) is 4.79 Å². The van der Waals surface area contributed by atoms with Crippen LogP contribution in [-0.2, 0) is 4.79 Å². The van der Waals surface area contributed by atoms with Crippen LogP contribution in [0.2, 0.25) is 0 Å². The number of piperidine rings is 1. The highest BCUT2D eigenvalue weighted by atomic mass is 16.2. The molecule has 1 heterocycles. The SMILES string of the molecule is CC1CC(C)CN(C(=O)C2(N)CC2)C1. The summed E-state index contributed by atoms with van der Waals surface area (Å²) in [5.74, 6) is 1.45. The zero-order valence-corrected chi connectivity index (χ0v) is 9.12. The lowest BCUT2D eigenvalue weighted by Gasteiger charge is -2.36. The molecule has 0 spiro atoms. The van der Waals surface area contributed by atoms with Crippen LogP contribution in [0.4, 0.5) is 0 Å². The third-order valence-electron chi connectivity index (χ3n) is 3.37. The van der Waals surface area contributed by atoms with Crippen molar-refractivity contribution in [1.82, 2.24) is 4.90 Å². The summed E-state index contributed by atoms with van der Waals surface area (Å²) in [4.78, 5) is 14.0. The van der Waals surface area contributed by atoms with Crippen molar-refractivity contribution in [2.75, 3.05) is 13.1 Å². The van der Waals surface area contributed by atoms with Crippen LogP contribution >= 0.6 is 0 Å². The van der Waals surface area contributed by atoms with E-state index in [9.17, 15) is 4.79 Å². The summed E-state index contributed by atoms with van der Waals surface area (Å²) < 4.78 is 0. The molecule has 1 saturated heterocycles. The van der Waals surface area contributed by atoms with E-state index in [-0.39, 0.29) is 5.91 Å². The Bertz CT molecular complexity index is 238. The molecule has 1 saturated carbocycles. The number of hydrogen-bond donors (Lipinski definition) is 1.